The fourth-order valence-corrected chi connectivity index (χ4v) is 3.29. The summed E-state index contributed by atoms with van der Waals surface area (Å²) in [7, 11) is 1.51. The lowest BCUT2D eigenvalue weighted by Gasteiger charge is -2.30. The number of rotatable bonds is 6. The van der Waals surface area contributed by atoms with Gasteiger partial charge in [0.25, 0.3) is 5.91 Å². The van der Waals surface area contributed by atoms with Gasteiger partial charge in [-0.3, -0.25) is 4.79 Å². The SMILES string of the molecule is CCOc1ccc(C(=O)O[C@H](C)C(=O)N2CCc3ccccc3C2)cc1OC. The fourth-order valence-electron chi connectivity index (χ4n) is 3.29. The zero-order valence-corrected chi connectivity index (χ0v) is 16.4. The molecule has 0 saturated carbocycles. The normalized spacial score (nSPS) is 14.0. The molecule has 28 heavy (non-hydrogen) atoms. The van der Waals surface area contributed by atoms with Gasteiger partial charge in [0.15, 0.2) is 17.6 Å². The van der Waals surface area contributed by atoms with E-state index >= 15 is 0 Å². The molecule has 1 aliphatic rings. The van der Waals surface area contributed by atoms with Crippen molar-refractivity contribution in [2.45, 2.75) is 32.9 Å². The van der Waals surface area contributed by atoms with E-state index in [1.807, 2.05) is 25.1 Å². The molecular weight excluding hydrogens is 358 g/mol. The number of esters is 1. The molecule has 0 fully saturated rings. The summed E-state index contributed by atoms with van der Waals surface area (Å²) in [5.74, 6) is 0.237. The Kier molecular flexibility index (Phi) is 6.19. The number of amides is 1. The first-order valence-corrected chi connectivity index (χ1v) is 9.40. The summed E-state index contributed by atoms with van der Waals surface area (Å²) in [6.45, 7) is 5.12. The summed E-state index contributed by atoms with van der Waals surface area (Å²) >= 11 is 0. The van der Waals surface area contributed by atoms with Crippen LogP contribution in [0.3, 0.4) is 0 Å². The average Bonchev–Trinajstić information content (AvgIpc) is 2.73. The quantitative estimate of drug-likeness (QED) is 0.717. The second-order valence-corrected chi connectivity index (χ2v) is 6.62. The maximum absolute atomic E-state index is 12.7. The summed E-state index contributed by atoms with van der Waals surface area (Å²) in [6.07, 6.45) is -0.0612. The molecule has 0 radical (unpaired) electrons. The number of hydrogen-bond donors (Lipinski definition) is 0. The van der Waals surface area contributed by atoms with E-state index in [1.54, 1.807) is 30.0 Å². The van der Waals surface area contributed by atoms with Gasteiger partial charge in [-0.05, 0) is 49.6 Å². The van der Waals surface area contributed by atoms with Crippen LogP contribution in [0.15, 0.2) is 42.5 Å². The first kappa shape index (κ1) is 19.7. The third-order valence-electron chi connectivity index (χ3n) is 4.77. The van der Waals surface area contributed by atoms with Gasteiger partial charge in [0, 0.05) is 13.1 Å². The molecular formula is C22H25NO5. The van der Waals surface area contributed by atoms with E-state index in [9.17, 15) is 9.59 Å². The van der Waals surface area contributed by atoms with Crippen LogP contribution in [-0.4, -0.2) is 43.1 Å². The van der Waals surface area contributed by atoms with Crippen LogP contribution in [0.2, 0.25) is 0 Å². The van der Waals surface area contributed by atoms with Crippen molar-refractivity contribution in [3.05, 3.63) is 59.2 Å². The van der Waals surface area contributed by atoms with Gasteiger partial charge in [0.05, 0.1) is 19.3 Å². The Balaban J connectivity index is 1.65. The lowest BCUT2D eigenvalue weighted by molar-refractivity contribution is -0.140. The lowest BCUT2D eigenvalue weighted by atomic mass is 9.99. The molecule has 2 aromatic rings. The molecule has 1 aliphatic heterocycles. The van der Waals surface area contributed by atoms with Crippen molar-refractivity contribution in [3.8, 4) is 11.5 Å². The predicted octanol–water partition coefficient (Wildman–Crippen LogP) is 3.22. The van der Waals surface area contributed by atoms with Gasteiger partial charge in [0.2, 0.25) is 0 Å². The summed E-state index contributed by atoms with van der Waals surface area (Å²) in [5, 5.41) is 0. The van der Waals surface area contributed by atoms with Gasteiger partial charge in [-0.1, -0.05) is 24.3 Å². The van der Waals surface area contributed by atoms with Crippen molar-refractivity contribution in [3.63, 3.8) is 0 Å². The van der Waals surface area contributed by atoms with Gasteiger partial charge in [-0.15, -0.1) is 0 Å². The summed E-state index contributed by atoms with van der Waals surface area (Å²) < 4.78 is 16.1. The van der Waals surface area contributed by atoms with Crippen LogP contribution in [0.25, 0.3) is 0 Å². The van der Waals surface area contributed by atoms with Crippen LogP contribution in [0.5, 0.6) is 11.5 Å². The standard InChI is InChI=1S/C22H25NO5/c1-4-27-19-10-9-17(13-20(19)26-3)22(25)28-15(2)21(24)23-12-11-16-7-5-6-8-18(16)14-23/h5-10,13,15H,4,11-12,14H2,1-3H3/t15-/m1/s1. The van der Waals surface area contributed by atoms with Crippen molar-refractivity contribution < 1.29 is 23.8 Å². The molecule has 6 heteroatoms. The zero-order chi connectivity index (χ0) is 20.1. The number of ether oxygens (including phenoxy) is 3. The maximum Gasteiger partial charge on any atom is 0.339 e. The molecule has 0 N–H and O–H groups in total. The molecule has 0 bridgehead atoms. The lowest BCUT2D eigenvalue weighted by Crippen LogP contribution is -2.42. The van der Waals surface area contributed by atoms with Gasteiger partial charge in [-0.2, -0.15) is 0 Å². The van der Waals surface area contributed by atoms with Crippen molar-refractivity contribution in [2.24, 2.45) is 0 Å². The number of nitrogens with zero attached hydrogens (tertiary/aromatic N) is 1. The maximum atomic E-state index is 12.7. The minimum Gasteiger partial charge on any atom is -0.493 e. The fraction of sp³-hybridized carbons (Fsp3) is 0.364. The summed E-state index contributed by atoms with van der Waals surface area (Å²) in [6, 6.07) is 12.9. The Morgan fingerprint density at radius 2 is 1.86 bits per heavy atom. The minimum atomic E-state index is -0.865. The highest BCUT2D eigenvalue weighted by Gasteiger charge is 2.27. The van der Waals surface area contributed by atoms with Gasteiger partial charge < -0.3 is 19.1 Å². The Morgan fingerprint density at radius 1 is 1.11 bits per heavy atom. The van der Waals surface area contributed by atoms with Crippen LogP contribution in [0.1, 0.15) is 35.3 Å². The second-order valence-electron chi connectivity index (χ2n) is 6.62. The molecule has 0 unspecified atom stereocenters. The topological polar surface area (TPSA) is 65.1 Å². The first-order valence-electron chi connectivity index (χ1n) is 9.40. The van der Waals surface area contributed by atoms with Crippen LogP contribution in [0, 0.1) is 0 Å². The number of fused-ring (bicyclic) bond motifs is 1. The Morgan fingerprint density at radius 3 is 2.57 bits per heavy atom. The number of carbonyl (C=O) groups excluding carboxylic acids is 2. The number of benzene rings is 2. The van der Waals surface area contributed by atoms with Gasteiger partial charge in [0.1, 0.15) is 0 Å². The molecule has 1 heterocycles. The molecule has 0 saturated heterocycles. The number of methoxy groups -OCH3 is 1. The van der Waals surface area contributed by atoms with Crippen molar-refractivity contribution in [2.75, 3.05) is 20.3 Å². The molecule has 2 aromatic carbocycles. The van der Waals surface area contributed by atoms with E-state index in [0.29, 0.717) is 36.8 Å². The second kappa shape index (κ2) is 8.78. The van der Waals surface area contributed by atoms with E-state index in [0.717, 1.165) is 12.0 Å². The van der Waals surface area contributed by atoms with Crippen LogP contribution in [0.4, 0.5) is 0 Å². The zero-order valence-electron chi connectivity index (χ0n) is 16.4. The van der Waals surface area contributed by atoms with E-state index in [2.05, 4.69) is 6.07 Å². The molecule has 0 aliphatic carbocycles. The average molecular weight is 383 g/mol. The molecule has 148 valence electrons. The highest BCUT2D eigenvalue weighted by atomic mass is 16.5. The van der Waals surface area contributed by atoms with E-state index in [1.165, 1.54) is 12.7 Å². The largest absolute Gasteiger partial charge is 0.493 e. The highest BCUT2D eigenvalue weighted by Crippen LogP contribution is 2.28. The van der Waals surface area contributed by atoms with Crippen molar-refractivity contribution in [1.82, 2.24) is 4.90 Å². The molecule has 3 rings (SSSR count). The Hall–Kier alpha value is -3.02. The van der Waals surface area contributed by atoms with Crippen LogP contribution >= 0.6 is 0 Å². The third-order valence-corrected chi connectivity index (χ3v) is 4.77. The molecule has 0 spiro atoms. The molecule has 0 aromatic heterocycles. The Labute approximate surface area is 165 Å². The smallest absolute Gasteiger partial charge is 0.339 e. The monoisotopic (exact) mass is 383 g/mol. The van der Waals surface area contributed by atoms with Crippen molar-refractivity contribution in [1.29, 1.82) is 0 Å². The Bertz CT molecular complexity index is 864. The van der Waals surface area contributed by atoms with E-state index < -0.39 is 12.1 Å². The van der Waals surface area contributed by atoms with E-state index in [-0.39, 0.29) is 5.91 Å². The summed E-state index contributed by atoms with van der Waals surface area (Å²) in [4.78, 5) is 27.0. The van der Waals surface area contributed by atoms with E-state index in [4.69, 9.17) is 14.2 Å². The molecule has 6 nitrogen and oxygen atoms in total. The van der Waals surface area contributed by atoms with Crippen LogP contribution in [-0.2, 0) is 22.5 Å². The molecule has 1 atom stereocenters. The predicted molar refractivity (Wildman–Crippen MR) is 105 cm³/mol. The van der Waals surface area contributed by atoms with Crippen LogP contribution < -0.4 is 9.47 Å². The van der Waals surface area contributed by atoms with Gasteiger partial charge in [-0.25, -0.2) is 4.79 Å². The number of hydrogen-bond acceptors (Lipinski definition) is 5. The van der Waals surface area contributed by atoms with Gasteiger partial charge >= 0.3 is 5.97 Å². The first-order chi connectivity index (χ1) is 13.5. The minimum absolute atomic E-state index is 0.194. The highest BCUT2D eigenvalue weighted by molar-refractivity contribution is 5.93. The summed E-state index contributed by atoms with van der Waals surface area (Å²) in [5.41, 5.74) is 2.71. The third kappa shape index (κ3) is 4.27. The van der Waals surface area contributed by atoms with Crippen molar-refractivity contribution >= 4 is 11.9 Å². The molecule has 1 amide bonds. The number of carbonyl (C=O) groups is 2.